The van der Waals surface area contributed by atoms with Gasteiger partial charge in [-0.25, -0.2) is 0 Å². The summed E-state index contributed by atoms with van der Waals surface area (Å²) in [6.07, 6.45) is 3.75. The molecule has 0 unspecified atom stereocenters. The van der Waals surface area contributed by atoms with Crippen LogP contribution in [0.25, 0.3) is 0 Å². The molecule has 2 N–H and O–H groups in total. The lowest BCUT2D eigenvalue weighted by atomic mass is 10.2. The van der Waals surface area contributed by atoms with E-state index >= 15 is 0 Å². The fourth-order valence-corrected chi connectivity index (χ4v) is 1.67. The summed E-state index contributed by atoms with van der Waals surface area (Å²) in [6.45, 7) is 3.28. The van der Waals surface area contributed by atoms with Gasteiger partial charge in [-0.3, -0.25) is 0 Å². The van der Waals surface area contributed by atoms with Crippen LogP contribution in [0.1, 0.15) is 26.2 Å². The van der Waals surface area contributed by atoms with Crippen LogP contribution in [-0.2, 0) is 0 Å². The van der Waals surface area contributed by atoms with Crippen LogP contribution >= 0.6 is 0 Å². The number of methoxy groups -OCH3 is 1. The minimum Gasteiger partial charge on any atom is -0.495 e. The highest BCUT2D eigenvalue weighted by Crippen LogP contribution is 2.26. The summed E-state index contributed by atoms with van der Waals surface area (Å²) >= 11 is 0. The molecule has 0 radical (unpaired) electrons. The monoisotopic (exact) mass is 222 g/mol. The summed E-state index contributed by atoms with van der Waals surface area (Å²) in [7, 11) is 3.74. The van der Waals surface area contributed by atoms with Crippen LogP contribution < -0.4 is 15.4 Å². The second-order valence-corrected chi connectivity index (χ2v) is 4.05. The van der Waals surface area contributed by atoms with Gasteiger partial charge < -0.3 is 15.4 Å². The van der Waals surface area contributed by atoms with E-state index in [0.29, 0.717) is 5.69 Å². The SMILES string of the molecule is CCCCCN(C)c1ccc(N)c(OC)c1. The fraction of sp³-hybridized carbons (Fsp3) is 0.538. The van der Waals surface area contributed by atoms with Crippen molar-refractivity contribution in [3.05, 3.63) is 18.2 Å². The van der Waals surface area contributed by atoms with Gasteiger partial charge in [-0.15, -0.1) is 0 Å². The Bertz CT molecular complexity index is 326. The highest BCUT2D eigenvalue weighted by Gasteiger charge is 2.04. The Labute approximate surface area is 98.2 Å². The largest absolute Gasteiger partial charge is 0.495 e. The molecule has 1 rings (SSSR count). The molecule has 3 heteroatoms. The Kier molecular flexibility index (Phi) is 4.96. The average Bonchev–Trinajstić information content (AvgIpc) is 2.30. The number of anilines is 2. The number of nitrogens with zero attached hydrogens (tertiary/aromatic N) is 1. The Hall–Kier alpha value is -1.38. The van der Waals surface area contributed by atoms with E-state index < -0.39 is 0 Å². The lowest BCUT2D eigenvalue weighted by Crippen LogP contribution is -2.18. The third-order valence-corrected chi connectivity index (χ3v) is 2.75. The zero-order chi connectivity index (χ0) is 12.0. The number of hydrogen-bond acceptors (Lipinski definition) is 3. The quantitative estimate of drug-likeness (QED) is 0.594. The van der Waals surface area contributed by atoms with Crippen LogP contribution in [0.4, 0.5) is 11.4 Å². The van der Waals surface area contributed by atoms with Gasteiger partial charge >= 0.3 is 0 Å². The van der Waals surface area contributed by atoms with Crippen molar-refractivity contribution in [2.75, 3.05) is 31.3 Å². The molecule has 90 valence electrons. The van der Waals surface area contributed by atoms with E-state index in [4.69, 9.17) is 10.5 Å². The molecule has 0 aliphatic carbocycles. The van der Waals surface area contributed by atoms with Crippen LogP contribution in [0.15, 0.2) is 18.2 Å². The maximum Gasteiger partial charge on any atom is 0.143 e. The van der Waals surface area contributed by atoms with Crippen molar-refractivity contribution in [1.82, 2.24) is 0 Å². The maximum absolute atomic E-state index is 5.78. The van der Waals surface area contributed by atoms with Gasteiger partial charge in [0.15, 0.2) is 0 Å². The third kappa shape index (κ3) is 3.33. The molecule has 0 heterocycles. The van der Waals surface area contributed by atoms with E-state index in [1.807, 2.05) is 18.2 Å². The van der Waals surface area contributed by atoms with Crippen LogP contribution in [0.2, 0.25) is 0 Å². The van der Waals surface area contributed by atoms with Gasteiger partial charge in [-0.05, 0) is 18.6 Å². The first-order valence-corrected chi connectivity index (χ1v) is 5.83. The Balaban J connectivity index is 2.64. The predicted octanol–water partition coefficient (Wildman–Crippen LogP) is 2.90. The van der Waals surface area contributed by atoms with E-state index in [-0.39, 0.29) is 0 Å². The number of benzene rings is 1. The summed E-state index contributed by atoms with van der Waals surface area (Å²) in [5, 5.41) is 0. The second kappa shape index (κ2) is 6.26. The highest BCUT2D eigenvalue weighted by molar-refractivity contribution is 5.62. The number of unbranched alkanes of at least 4 members (excludes halogenated alkanes) is 2. The molecule has 0 atom stereocenters. The van der Waals surface area contributed by atoms with Crippen molar-refractivity contribution >= 4 is 11.4 Å². The zero-order valence-corrected chi connectivity index (χ0v) is 10.5. The Morgan fingerprint density at radius 1 is 1.31 bits per heavy atom. The Morgan fingerprint density at radius 3 is 2.69 bits per heavy atom. The predicted molar refractivity (Wildman–Crippen MR) is 70.2 cm³/mol. The highest BCUT2D eigenvalue weighted by atomic mass is 16.5. The van der Waals surface area contributed by atoms with Gasteiger partial charge in [-0.1, -0.05) is 19.8 Å². The van der Waals surface area contributed by atoms with Crippen molar-refractivity contribution in [3.63, 3.8) is 0 Å². The number of hydrogen-bond donors (Lipinski definition) is 1. The lowest BCUT2D eigenvalue weighted by molar-refractivity contribution is 0.417. The van der Waals surface area contributed by atoms with Crippen molar-refractivity contribution in [2.45, 2.75) is 26.2 Å². The van der Waals surface area contributed by atoms with Gasteiger partial charge in [0.05, 0.1) is 12.8 Å². The third-order valence-electron chi connectivity index (χ3n) is 2.75. The van der Waals surface area contributed by atoms with Crippen molar-refractivity contribution < 1.29 is 4.74 Å². The van der Waals surface area contributed by atoms with Gasteiger partial charge in [0, 0.05) is 25.3 Å². The molecule has 0 saturated heterocycles. The first-order chi connectivity index (χ1) is 7.69. The summed E-state index contributed by atoms with van der Waals surface area (Å²) in [4.78, 5) is 2.23. The van der Waals surface area contributed by atoms with Gasteiger partial charge in [-0.2, -0.15) is 0 Å². The molecule has 0 aromatic heterocycles. The molecule has 0 saturated carbocycles. The normalized spacial score (nSPS) is 10.2. The smallest absolute Gasteiger partial charge is 0.143 e. The number of nitrogen functional groups attached to an aromatic ring is 1. The Morgan fingerprint density at radius 2 is 2.06 bits per heavy atom. The van der Waals surface area contributed by atoms with E-state index in [1.165, 1.54) is 19.3 Å². The summed E-state index contributed by atoms with van der Waals surface area (Å²) in [6, 6.07) is 5.91. The molecule has 0 fully saturated rings. The molecule has 3 nitrogen and oxygen atoms in total. The molecule has 1 aromatic rings. The number of nitrogens with two attached hydrogens (primary N) is 1. The van der Waals surface area contributed by atoms with Gasteiger partial charge in [0.25, 0.3) is 0 Å². The molecule has 1 aromatic carbocycles. The van der Waals surface area contributed by atoms with E-state index in [2.05, 4.69) is 18.9 Å². The standard InChI is InChI=1S/C13H22N2O/c1-4-5-6-9-15(2)11-7-8-12(14)13(10-11)16-3/h7-8,10H,4-6,9,14H2,1-3H3. The van der Waals surface area contributed by atoms with Crippen LogP contribution in [-0.4, -0.2) is 20.7 Å². The minimum atomic E-state index is 0.688. The molecule has 0 spiro atoms. The zero-order valence-electron chi connectivity index (χ0n) is 10.5. The number of ether oxygens (including phenoxy) is 1. The second-order valence-electron chi connectivity index (χ2n) is 4.05. The van der Waals surface area contributed by atoms with Crippen molar-refractivity contribution in [1.29, 1.82) is 0 Å². The van der Waals surface area contributed by atoms with E-state index in [0.717, 1.165) is 18.0 Å². The minimum absolute atomic E-state index is 0.688. The van der Waals surface area contributed by atoms with Crippen LogP contribution in [0.5, 0.6) is 5.75 Å². The molecule has 0 amide bonds. The summed E-state index contributed by atoms with van der Waals surface area (Å²) < 4.78 is 5.21. The molecule has 0 aliphatic heterocycles. The first kappa shape index (κ1) is 12.7. The summed E-state index contributed by atoms with van der Waals surface area (Å²) in [5.41, 5.74) is 7.62. The molecular formula is C13H22N2O. The van der Waals surface area contributed by atoms with Gasteiger partial charge in [0.1, 0.15) is 5.75 Å². The molecule has 0 bridgehead atoms. The van der Waals surface area contributed by atoms with Crippen LogP contribution in [0.3, 0.4) is 0 Å². The van der Waals surface area contributed by atoms with Crippen LogP contribution in [0, 0.1) is 0 Å². The molecule has 16 heavy (non-hydrogen) atoms. The maximum atomic E-state index is 5.78. The topological polar surface area (TPSA) is 38.5 Å². The van der Waals surface area contributed by atoms with E-state index in [9.17, 15) is 0 Å². The first-order valence-electron chi connectivity index (χ1n) is 5.83. The molecule has 0 aliphatic rings. The van der Waals surface area contributed by atoms with Crippen molar-refractivity contribution in [2.24, 2.45) is 0 Å². The average molecular weight is 222 g/mol. The van der Waals surface area contributed by atoms with E-state index in [1.54, 1.807) is 7.11 Å². The fourth-order valence-electron chi connectivity index (χ4n) is 1.67. The molecular weight excluding hydrogens is 200 g/mol. The number of rotatable bonds is 6. The lowest BCUT2D eigenvalue weighted by Gasteiger charge is -2.20. The van der Waals surface area contributed by atoms with Crippen molar-refractivity contribution in [3.8, 4) is 5.75 Å². The summed E-state index contributed by atoms with van der Waals surface area (Å²) in [5.74, 6) is 0.750. The van der Waals surface area contributed by atoms with Gasteiger partial charge in [0.2, 0.25) is 0 Å².